The van der Waals surface area contributed by atoms with Crippen molar-refractivity contribution in [3.63, 3.8) is 0 Å². The molecule has 0 radical (unpaired) electrons. The van der Waals surface area contributed by atoms with E-state index < -0.39 is 0 Å². The van der Waals surface area contributed by atoms with E-state index >= 15 is 0 Å². The van der Waals surface area contributed by atoms with Crippen molar-refractivity contribution >= 4 is 163 Å². The van der Waals surface area contributed by atoms with Crippen molar-refractivity contribution in [1.82, 2.24) is 0 Å². The predicted octanol–water partition coefficient (Wildman–Crippen LogP) is 25.0. The summed E-state index contributed by atoms with van der Waals surface area (Å²) in [5, 5.41) is 7.28. The van der Waals surface area contributed by atoms with Crippen molar-refractivity contribution in [2.24, 2.45) is 0 Å². The Balaban J connectivity index is 0.000000106. The molecular formula is C108H72B3N3O2S. The Morgan fingerprint density at radius 3 is 1.07 bits per heavy atom. The van der Waals surface area contributed by atoms with Gasteiger partial charge in [-0.15, -0.1) is 11.3 Å². The molecule has 0 N–H and O–H groups in total. The van der Waals surface area contributed by atoms with E-state index in [2.05, 4.69) is 427 Å². The number of nitrogens with zero attached hydrogens (tertiary/aromatic N) is 3. The Morgan fingerprint density at radius 1 is 0.205 bits per heavy atom. The van der Waals surface area contributed by atoms with Crippen LogP contribution in [0, 0.1) is 0 Å². The maximum Gasteiger partial charge on any atom is 0.328 e. The lowest BCUT2D eigenvalue weighted by atomic mass is 9.45. The molecule has 18 aromatic carbocycles. The molecule has 0 amide bonds. The fourth-order valence-corrected chi connectivity index (χ4v) is 19.8. The second-order valence-corrected chi connectivity index (χ2v) is 31.4. The molecule has 546 valence electrons. The van der Waals surface area contributed by atoms with Gasteiger partial charge in [0.15, 0.2) is 0 Å². The second kappa shape index (κ2) is 29.4. The largest absolute Gasteiger partial charge is 0.455 e. The molecule has 24 rings (SSSR count). The highest BCUT2D eigenvalue weighted by Crippen LogP contribution is 2.48. The number of hydrogen-bond donors (Lipinski definition) is 0. The van der Waals surface area contributed by atoms with E-state index in [0.29, 0.717) is 0 Å². The summed E-state index contributed by atoms with van der Waals surface area (Å²) in [6.07, 6.45) is 0. The number of fused-ring (bicyclic) bond motifs is 18. The van der Waals surface area contributed by atoms with Gasteiger partial charge in [0, 0.05) is 104 Å². The summed E-state index contributed by atoms with van der Waals surface area (Å²) in [5.41, 5.74) is 33.4. The van der Waals surface area contributed by atoms with Crippen LogP contribution in [-0.2, 0) is 0 Å². The van der Waals surface area contributed by atoms with Crippen molar-refractivity contribution in [2.75, 3.05) is 14.4 Å². The molecule has 3 aliphatic heterocycles. The van der Waals surface area contributed by atoms with Gasteiger partial charge in [0.1, 0.15) is 22.3 Å². The number of hydrogen-bond acceptors (Lipinski definition) is 6. The van der Waals surface area contributed by atoms with Crippen LogP contribution in [-0.4, -0.2) is 20.5 Å². The molecule has 9 heteroatoms. The maximum atomic E-state index is 6.41. The van der Waals surface area contributed by atoms with Crippen LogP contribution >= 0.6 is 11.3 Å². The van der Waals surface area contributed by atoms with Crippen molar-refractivity contribution in [3.05, 3.63) is 437 Å². The average Bonchev–Trinajstić information content (AvgIpc) is 1.05. The molecule has 0 bridgehead atoms. The fourth-order valence-electron chi connectivity index (χ4n) is 18.6. The third kappa shape index (κ3) is 12.0. The van der Waals surface area contributed by atoms with E-state index in [0.717, 1.165) is 66.1 Å². The zero-order chi connectivity index (χ0) is 77.3. The molecule has 0 saturated heterocycles. The van der Waals surface area contributed by atoms with Gasteiger partial charge in [-0.25, -0.2) is 0 Å². The van der Waals surface area contributed by atoms with Crippen LogP contribution in [0.5, 0.6) is 0 Å². The van der Waals surface area contributed by atoms with Gasteiger partial charge in [0.25, 0.3) is 0 Å². The monoisotopic (exact) mass is 1510 g/mol. The minimum Gasteiger partial charge on any atom is -0.455 e. The highest BCUT2D eigenvalue weighted by Gasteiger charge is 2.41. The van der Waals surface area contributed by atoms with Gasteiger partial charge < -0.3 is 23.3 Å². The van der Waals surface area contributed by atoms with Gasteiger partial charge in [0.2, 0.25) is 0 Å². The molecule has 5 nitrogen and oxygen atoms in total. The van der Waals surface area contributed by atoms with E-state index in [1.165, 1.54) is 132 Å². The molecule has 117 heavy (non-hydrogen) atoms. The Labute approximate surface area is 684 Å². The normalized spacial score (nSPS) is 12.5. The van der Waals surface area contributed by atoms with Gasteiger partial charge in [-0.05, 0) is 140 Å². The molecular weight excluding hydrogens is 1440 g/mol. The van der Waals surface area contributed by atoms with E-state index in [9.17, 15) is 0 Å². The zero-order valence-corrected chi connectivity index (χ0v) is 64.7. The summed E-state index contributed by atoms with van der Waals surface area (Å²) in [6.45, 7) is 0.198. The third-order valence-electron chi connectivity index (χ3n) is 23.8. The van der Waals surface area contributed by atoms with E-state index in [4.69, 9.17) is 8.83 Å². The number of furan rings is 2. The molecule has 0 spiro atoms. The summed E-state index contributed by atoms with van der Waals surface area (Å²) in [6, 6.07) is 157. The highest BCUT2D eigenvalue weighted by atomic mass is 32.1. The van der Waals surface area contributed by atoms with Crippen LogP contribution < -0.4 is 47.2 Å². The number of benzene rings is 18. The van der Waals surface area contributed by atoms with Gasteiger partial charge in [0.05, 0.1) is 0 Å². The highest BCUT2D eigenvalue weighted by molar-refractivity contribution is 7.26. The lowest BCUT2D eigenvalue weighted by molar-refractivity contribution is 0.669. The summed E-state index contributed by atoms with van der Waals surface area (Å²) in [5.74, 6) is 0. The lowest BCUT2D eigenvalue weighted by Gasteiger charge is -2.39. The molecule has 3 aromatic heterocycles. The van der Waals surface area contributed by atoms with Gasteiger partial charge in [-0.3, -0.25) is 0 Å². The first-order valence-electron chi connectivity index (χ1n) is 40.2. The second-order valence-electron chi connectivity index (χ2n) is 30.4. The van der Waals surface area contributed by atoms with Crippen LogP contribution in [0.2, 0.25) is 0 Å². The maximum absolute atomic E-state index is 6.41. The average molecular weight is 1510 g/mol. The van der Waals surface area contributed by atoms with Gasteiger partial charge in [-0.2, -0.15) is 0 Å². The van der Waals surface area contributed by atoms with Crippen LogP contribution in [0.1, 0.15) is 0 Å². The summed E-state index contributed by atoms with van der Waals surface area (Å²) in [7, 11) is 0. The number of thiophene rings is 1. The molecule has 0 fully saturated rings. The first-order chi connectivity index (χ1) is 58.1. The standard InChI is InChI=1S/2C36H24BNO.C36H24BNS/c1-3-12-26(13-4-1)37-33-23-22-25(28-18-11-19-31-30-17-8-10-21-35(30)39-36(28)31)24-32(33)29-16-7-9-20-34(29)38(37)27-14-5-2-6-15-27;1-3-12-26(13-4-1)37-33-20-9-7-16-29(33)32-24-25(22-23-34(32)38(37)27-14-5-2-6-15-27)28-18-11-19-31-30-17-8-10-21-35(30)39-36(28)31;1-2-11-27(12-3-1)38-34-19-8-5-14-30(34)29-13-4-7-18-33(29)37(38)26-23-21-25(22-24-26)28-16-10-17-32-31-15-6-9-20-35(31)39-36(28)32/h3*1-24H. The van der Waals surface area contributed by atoms with E-state index in [-0.39, 0.29) is 20.5 Å². The zero-order valence-electron chi connectivity index (χ0n) is 63.9. The summed E-state index contributed by atoms with van der Waals surface area (Å²) >= 11 is 1.89. The molecule has 0 aliphatic carbocycles. The molecule has 0 unspecified atom stereocenters. The number of anilines is 6. The summed E-state index contributed by atoms with van der Waals surface area (Å²) < 4.78 is 15.5. The van der Waals surface area contributed by atoms with Crippen molar-refractivity contribution in [1.29, 1.82) is 0 Å². The Hall–Kier alpha value is -14.6. The minimum atomic E-state index is 0.0505. The number of para-hydroxylation sites is 9. The molecule has 3 aliphatic rings. The molecule has 0 saturated carbocycles. The van der Waals surface area contributed by atoms with Crippen LogP contribution in [0.4, 0.5) is 34.1 Å². The fraction of sp³-hybridized carbons (Fsp3) is 0. The van der Waals surface area contributed by atoms with Crippen molar-refractivity contribution in [2.45, 2.75) is 0 Å². The van der Waals surface area contributed by atoms with E-state index in [1.54, 1.807) is 0 Å². The van der Waals surface area contributed by atoms with Gasteiger partial charge >= 0.3 is 20.5 Å². The predicted molar refractivity (Wildman–Crippen MR) is 500 cm³/mol. The number of rotatable bonds is 9. The first kappa shape index (κ1) is 69.1. The molecule has 0 atom stereocenters. The first-order valence-corrected chi connectivity index (χ1v) is 41.0. The quantitative estimate of drug-likeness (QED) is 0.135. The third-order valence-corrected chi connectivity index (χ3v) is 25.0. The smallest absolute Gasteiger partial charge is 0.328 e. The van der Waals surface area contributed by atoms with Crippen LogP contribution in [0.15, 0.2) is 446 Å². The van der Waals surface area contributed by atoms with Crippen molar-refractivity contribution in [3.8, 4) is 66.8 Å². The lowest BCUT2D eigenvalue weighted by Crippen LogP contribution is -2.57. The van der Waals surface area contributed by atoms with Gasteiger partial charge in [-0.1, -0.05) is 368 Å². The Morgan fingerprint density at radius 2 is 0.547 bits per heavy atom. The summed E-state index contributed by atoms with van der Waals surface area (Å²) in [4.78, 5) is 7.46. The SMILES string of the molecule is c1ccc(B2c3ccc(-c4cccc5c4oc4ccccc45)cc3-c3ccccc3N2c2ccccc2)cc1.c1ccc(B2c3ccccc3-c3cc(-c4cccc5c4oc4ccccc45)ccc3N2c2ccccc2)cc1.c1ccc(N2B(c3ccc(-c4cccc5c4sc4ccccc45)cc3)c3ccccc3-c3ccccc32)cc1. The van der Waals surface area contributed by atoms with E-state index in [1.807, 2.05) is 35.6 Å². The van der Waals surface area contributed by atoms with Crippen LogP contribution in [0.3, 0.4) is 0 Å². The molecule has 6 heterocycles. The van der Waals surface area contributed by atoms with Crippen molar-refractivity contribution < 1.29 is 8.83 Å². The Kier molecular flexibility index (Phi) is 17.4. The topological polar surface area (TPSA) is 36.0 Å². The Bertz CT molecular complexity index is 6970. The van der Waals surface area contributed by atoms with Crippen LogP contribution in [0.25, 0.3) is 131 Å². The minimum absolute atomic E-state index is 0.0505. The molecule has 21 aromatic rings.